The number of aromatic nitrogens is 5. The second-order valence-electron chi connectivity index (χ2n) is 7.69. The second-order valence-corrected chi connectivity index (χ2v) is 8.55. The summed E-state index contributed by atoms with van der Waals surface area (Å²) in [6.07, 6.45) is 5.27. The highest BCUT2D eigenvalue weighted by molar-refractivity contribution is 7.17. The number of nitrogens with one attached hydrogen (secondary N) is 1. The van der Waals surface area contributed by atoms with E-state index in [0.717, 1.165) is 5.56 Å². The van der Waals surface area contributed by atoms with Gasteiger partial charge in [-0.2, -0.15) is 0 Å². The number of pyridine rings is 1. The molecular weight excluding hydrogens is 482 g/mol. The normalized spacial score (nSPS) is 11.1. The summed E-state index contributed by atoms with van der Waals surface area (Å²) < 4.78 is 11.0. The third kappa shape index (κ3) is 6.08. The summed E-state index contributed by atoms with van der Waals surface area (Å²) in [6, 6.07) is 5.28. The van der Waals surface area contributed by atoms with Crippen LogP contribution in [0.15, 0.2) is 42.2 Å². The number of rotatable bonds is 12. The lowest BCUT2D eigenvalue weighted by atomic mass is 10.2. The number of ether oxygens (including phenoxy) is 2. The Kier molecular flexibility index (Phi) is 8.66. The first-order valence-electron chi connectivity index (χ1n) is 11.4. The number of fused-ring (bicyclic) bond motifs is 1. The van der Waals surface area contributed by atoms with Crippen molar-refractivity contribution in [3.8, 4) is 17.5 Å². The molecule has 0 aliphatic heterocycles. The summed E-state index contributed by atoms with van der Waals surface area (Å²) >= 11 is 1.38. The third-order valence-corrected chi connectivity index (χ3v) is 6.13. The summed E-state index contributed by atoms with van der Waals surface area (Å²) in [5.41, 5.74) is 1.92. The van der Waals surface area contributed by atoms with Crippen LogP contribution in [0.2, 0.25) is 0 Å². The summed E-state index contributed by atoms with van der Waals surface area (Å²) in [6.45, 7) is 4.08. The predicted octanol–water partition coefficient (Wildman–Crippen LogP) is 2.67. The molecular formula is C24H27N7O4S. The molecule has 0 spiro atoms. The first-order chi connectivity index (χ1) is 17.6. The molecule has 36 heavy (non-hydrogen) atoms. The van der Waals surface area contributed by atoms with E-state index in [1.54, 1.807) is 18.7 Å². The van der Waals surface area contributed by atoms with Crippen LogP contribution in [0.4, 0.5) is 5.82 Å². The van der Waals surface area contributed by atoms with Crippen molar-refractivity contribution in [1.82, 2.24) is 30.2 Å². The summed E-state index contributed by atoms with van der Waals surface area (Å²) in [5, 5.41) is 14.6. The van der Waals surface area contributed by atoms with Gasteiger partial charge in [-0.25, -0.2) is 19.9 Å². The molecule has 0 saturated heterocycles. The zero-order chi connectivity index (χ0) is 25.3. The van der Waals surface area contributed by atoms with Crippen LogP contribution in [0.1, 0.15) is 22.8 Å². The van der Waals surface area contributed by atoms with Gasteiger partial charge in [-0.3, -0.25) is 9.78 Å². The van der Waals surface area contributed by atoms with Gasteiger partial charge in [0.1, 0.15) is 23.1 Å². The topological polar surface area (TPSA) is 135 Å². The molecule has 0 fully saturated rings. The highest BCUT2D eigenvalue weighted by Gasteiger charge is 2.23. The Morgan fingerprint density at radius 3 is 2.75 bits per heavy atom. The van der Waals surface area contributed by atoms with Crippen molar-refractivity contribution in [1.29, 1.82) is 0 Å². The molecule has 11 nitrogen and oxygen atoms in total. The standard InChI is InChI=1S/C24H27N7O4S/c1-3-35-15-31(10-11-34-2)21-19-17(22(32)26-9-7-16-12-27-24(33)28-13-16)14-36-23(19)30-20(29-21)18-6-4-5-8-25-18/h4-6,8,12-14H,3,7,9-11,15H2,1-2H3,(H,26,32)(H,27,28,33). The Morgan fingerprint density at radius 1 is 1.19 bits per heavy atom. The van der Waals surface area contributed by atoms with E-state index < -0.39 is 0 Å². The molecule has 4 aromatic rings. The van der Waals surface area contributed by atoms with Gasteiger partial charge in [-0.1, -0.05) is 6.07 Å². The van der Waals surface area contributed by atoms with Crippen molar-refractivity contribution in [2.24, 2.45) is 0 Å². The second kappa shape index (κ2) is 12.3. The molecule has 0 bridgehead atoms. The average molecular weight is 510 g/mol. The van der Waals surface area contributed by atoms with Crippen molar-refractivity contribution in [2.75, 3.05) is 45.0 Å². The number of methoxy groups -OCH3 is 1. The van der Waals surface area contributed by atoms with Crippen LogP contribution < -0.4 is 10.2 Å². The van der Waals surface area contributed by atoms with Crippen molar-refractivity contribution in [3.63, 3.8) is 0 Å². The Bertz CT molecular complexity index is 1280. The summed E-state index contributed by atoms with van der Waals surface area (Å²) in [5.74, 6) is 0.821. The number of hydrogen-bond acceptors (Lipinski definition) is 11. The highest BCUT2D eigenvalue weighted by Crippen LogP contribution is 2.34. The average Bonchev–Trinajstić information content (AvgIpc) is 3.34. The van der Waals surface area contributed by atoms with E-state index >= 15 is 0 Å². The molecule has 1 amide bonds. The van der Waals surface area contributed by atoms with Gasteiger partial charge in [0.25, 0.3) is 5.91 Å². The lowest BCUT2D eigenvalue weighted by molar-refractivity contribution is 0.0956. The molecule has 0 saturated carbocycles. The van der Waals surface area contributed by atoms with Gasteiger partial charge in [0, 0.05) is 50.8 Å². The first kappa shape index (κ1) is 25.4. The Hall–Kier alpha value is -3.74. The fraction of sp³-hybridized carbons (Fsp3) is 0.333. The van der Waals surface area contributed by atoms with E-state index in [-0.39, 0.29) is 18.6 Å². The number of nitrogens with zero attached hydrogens (tertiary/aromatic N) is 6. The molecule has 4 heterocycles. The van der Waals surface area contributed by atoms with Crippen molar-refractivity contribution >= 4 is 33.3 Å². The van der Waals surface area contributed by atoms with E-state index in [1.165, 1.54) is 23.7 Å². The maximum atomic E-state index is 13.2. The van der Waals surface area contributed by atoms with E-state index in [4.69, 9.17) is 19.4 Å². The number of aromatic hydroxyl groups is 1. The lowest BCUT2D eigenvalue weighted by Crippen LogP contribution is -2.31. The molecule has 0 radical (unpaired) electrons. The SMILES string of the molecule is CCOCN(CCOC)c1nc(-c2ccccn2)nc2scc(C(=O)NCCc3cnc(O)nc3)c12. The van der Waals surface area contributed by atoms with Gasteiger partial charge in [-0.05, 0) is 31.0 Å². The highest BCUT2D eigenvalue weighted by atomic mass is 32.1. The van der Waals surface area contributed by atoms with E-state index in [9.17, 15) is 9.90 Å². The largest absolute Gasteiger partial charge is 0.479 e. The number of anilines is 1. The van der Waals surface area contributed by atoms with Gasteiger partial charge in [-0.15, -0.1) is 11.3 Å². The smallest absolute Gasteiger partial charge is 0.313 e. The quantitative estimate of drug-likeness (QED) is 0.274. The zero-order valence-electron chi connectivity index (χ0n) is 20.0. The van der Waals surface area contributed by atoms with Crippen LogP contribution in [0.5, 0.6) is 6.01 Å². The molecule has 4 rings (SSSR count). The van der Waals surface area contributed by atoms with Crippen LogP contribution in [0, 0.1) is 0 Å². The summed E-state index contributed by atoms with van der Waals surface area (Å²) in [7, 11) is 1.64. The Balaban J connectivity index is 1.67. The van der Waals surface area contributed by atoms with E-state index in [1.807, 2.05) is 30.0 Å². The minimum absolute atomic E-state index is 0.237. The molecule has 0 aliphatic rings. The van der Waals surface area contributed by atoms with Crippen molar-refractivity contribution in [3.05, 3.63) is 53.3 Å². The maximum Gasteiger partial charge on any atom is 0.313 e. The Morgan fingerprint density at radius 2 is 2.03 bits per heavy atom. The van der Waals surface area contributed by atoms with Gasteiger partial charge >= 0.3 is 6.01 Å². The molecule has 0 atom stereocenters. The fourth-order valence-corrected chi connectivity index (χ4v) is 4.37. The maximum absolute atomic E-state index is 13.2. The van der Waals surface area contributed by atoms with Gasteiger partial charge < -0.3 is 24.8 Å². The van der Waals surface area contributed by atoms with Crippen LogP contribution in [0.25, 0.3) is 21.7 Å². The predicted molar refractivity (Wildman–Crippen MR) is 136 cm³/mol. The third-order valence-electron chi connectivity index (χ3n) is 5.26. The van der Waals surface area contributed by atoms with Crippen LogP contribution in [-0.4, -0.2) is 76.1 Å². The molecule has 2 N–H and O–H groups in total. The zero-order valence-corrected chi connectivity index (χ0v) is 20.9. The number of thiophene rings is 1. The molecule has 0 aliphatic carbocycles. The Labute approximate surface area is 212 Å². The molecule has 188 valence electrons. The number of hydrogen-bond donors (Lipinski definition) is 2. The van der Waals surface area contributed by atoms with Crippen molar-refractivity contribution < 1.29 is 19.4 Å². The van der Waals surface area contributed by atoms with Crippen molar-refractivity contribution in [2.45, 2.75) is 13.3 Å². The van der Waals surface area contributed by atoms with Crippen LogP contribution in [-0.2, 0) is 15.9 Å². The molecule has 0 unspecified atom stereocenters. The van der Waals surface area contributed by atoms with Gasteiger partial charge in [0.15, 0.2) is 5.82 Å². The minimum Gasteiger partial charge on any atom is -0.479 e. The molecule has 12 heteroatoms. The number of carbonyl (C=O) groups excluding carboxylic acids is 1. The minimum atomic E-state index is -0.282. The van der Waals surface area contributed by atoms with Gasteiger partial charge in [0.05, 0.1) is 17.6 Å². The number of amides is 1. The van der Waals surface area contributed by atoms with Gasteiger partial charge in [0.2, 0.25) is 0 Å². The number of carbonyl (C=O) groups is 1. The van der Waals surface area contributed by atoms with E-state index in [2.05, 4.69) is 20.3 Å². The van der Waals surface area contributed by atoms with Crippen LogP contribution in [0.3, 0.4) is 0 Å². The molecule has 4 aromatic heterocycles. The first-order valence-corrected chi connectivity index (χ1v) is 12.3. The molecule has 0 aromatic carbocycles. The van der Waals surface area contributed by atoms with Crippen LogP contribution >= 0.6 is 11.3 Å². The van der Waals surface area contributed by atoms with E-state index in [0.29, 0.717) is 65.8 Å². The lowest BCUT2D eigenvalue weighted by Gasteiger charge is -2.24. The fourth-order valence-electron chi connectivity index (χ4n) is 3.46. The summed E-state index contributed by atoms with van der Waals surface area (Å²) in [4.78, 5) is 37.3. The monoisotopic (exact) mass is 509 g/mol.